The van der Waals surface area contributed by atoms with Gasteiger partial charge in [-0.3, -0.25) is 0 Å². The average molecular weight is 213 g/mol. The average Bonchev–Trinajstić information content (AvgIpc) is 2.53. The lowest BCUT2D eigenvalue weighted by Gasteiger charge is -2.14. The smallest absolute Gasteiger partial charge is 0.145 e. The summed E-state index contributed by atoms with van der Waals surface area (Å²) in [6.07, 6.45) is 1.03. The van der Waals surface area contributed by atoms with Crippen molar-refractivity contribution < 1.29 is 0 Å². The number of hydrogen-bond acceptors (Lipinski definition) is 4. The van der Waals surface area contributed by atoms with E-state index in [1.54, 1.807) is 0 Å². The van der Waals surface area contributed by atoms with Gasteiger partial charge in [0.2, 0.25) is 0 Å². The van der Waals surface area contributed by atoms with Crippen LogP contribution >= 0.6 is 11.5 Å². The largest absolute Gasteiger partial charge is 0.327 e. The molecule has 0 bridgehead atoms. The molecule has 4 heteroatoms. The predicted octanol–water partition coefficient (Wildman–Crippen LogP) is 2.50. The zero-order valence-electron chi connectivity index (χ0n) is 9.32. The third-order valence-electron chi connectivity index (χ3n) is 2.37. The van der Waals surface area contributed by atoms with Gasteiger partial charge in [-0.05, 0) is 24.9 Å². The van der Waals surface area contributed by atoms with Gasteiger partial charge in [-0.15, -0.1) is 0 Å². The van der Waals surface area contributed by atoms with E-state index in [1.807, 2.05) is 6.92 Å². The molecule has 0 radical (unpaired) electrons. The van der Waals surface area contributed by atoms with E-state index < -0.39 is 0 Å². The van der Waals surface area contributed by atoms with E-state index in [0.29, 0.717) is 11.8 Å². The fourth-order valence-corrected chi connectivity index (χ4v) is 2.49. The Labute approximate surface area is 89.9 Å². The fraction of sp³-hybridized carbons (Fsp3) is 0.800. The molecule has 0 spiro atoms. The third kappa shape index (κ3) is 2.51. The lowest BCUT2D eigenvalue weighted by atomic mass is 10.00. The van der Waals surface area contributed by atoms with E-state index in [9.17, 15) is 0 Å². The molecule has 2 unspecified atom stereocenters. The van der Waals surface area contributed by atoms with Gasteiger partial charge in [0.1, 0.15) is 10.8 Å². The maximum Gasteiger partial charge on any atom is 0.145 e. The van der Waals surface area contributed by atoms with Crippen molar-refractivity contribution in [2.45, 2.75) is 52.0 Å². The van der Waals surface area contributed by atoms with Gasteiger partial charge in [0.15, 0.2) is 0 Å². The van der Waals surface area contributed by atoms with Crippen molar-refractivity contribution in [1.29, 1.82) is 0 Å². The zero-order chi connectivity index (χ0) is 10.7. The molecular weight excluding hydrogens is 194 g/mol. The standard InChI is InChI=1S/C10H19N3S/c1-5-8(7(4)11)10-12-9(6(2)3)13-14-10/h6-8H,5,11H2,1-4H3. The molecule has 1 aromatic rings. The van der Waals surface area contributed by atoms with Gasteiger partial charge in [-0.25, -0.2) is 4.98 Å². The Morgan fingerprint density at radius 3 is 2.36 bits per heavy atom. The fourth-order valence-electron chi connectivity index (χ4n) is 1.40. The quantitative estimate of drug-likeness (QED) is 0.836. The highest BCUT2D eigenvalue weighted by atomic mass is 32.1. The molecule has 1 aromatic heterocycles. The van der Waals surface area contributed by atoms with Crippen molar-refractivity contribution in [3.05, 3.63) is 10.8 Å². The summed E-state index contributed by atoms with van der Waals surface area (Å²) >= 11 is 1.50. The number of hydrogen-bond donors (Lipinski definition) is 1. The van der Waals surface area contributed by atoms with Gasteiger partial charge < -0.3 is 5.73 Å². The molecule has 80 valence electrons. The summed E-state index contributed by atoms with van der Waals surface area (Å²) in [4.78, 5) is 4.53. The molecule has 0 aliphatic rings. The van der Waals surface area contributed by atoms with Gasteiger partial charge in [-0.2, -0.15) is 4.37 Å². The second-order valence-corrected chi connectivity index (χ2v) is 4.80. The summed E-state index contributed by atoms with van der Waals surface area (Å²) in [6, 6.07) is 0.160. The highest BCUT2D eigenvalue weighted by Gasteiger charge is 2.19. The normalized spacial score (nSPS) is 15.9. The molecule has 0 aromatic carbocycles. The Kier molecular flexibility index (Phi) is 4.01. The Morgan fingerprint density at radius 2 is 2.00 bits per heavy atom. The first-order valence-electron chi connectivity index (χ1n) is 5.15. The van der Waals surface area contributed by atoms with Crippen LogP contribution in [0.4, 0.5) is 0 Å². The highest BCUT2D eigenvalue weighted by molar-refractivity contribution is 7.05. The second kappa shape index (κ2) is 4.84. The number of aromatic nitrogens is 2. The molecule has 1 rings (SSSR count). The molecule has 0 amide bonds. The molecule has 0 saturated carbocycles. The second-order valence-electron chi connectivity index (χ2n) is 4.02. The van der Waals surface area contributed by atoms with E-state index in [2.05, 4.69) is 30.1 Å². The maximum absolute atomic E-state index is 5.90. The lowest BCUT2D eigenvalue weighted by molar-refractivity contribution is 0.547. The van der Waals surface area contributed by atoms with Crippen LogP contribution in [0.25, 0.3) is 0 Å². The van der Waals surface area contributed by atoms with E-state index in [0.717, 1.165) is 17.3 Å². The van der Waals surface area contributed by atoms with Crippen molar-refractivity contribution >= 4 is 11.5 Å². The Bertz CT molecular complexity index is 281. The molecule has 2 atom stereocenters. The maximum atomic E-state index is 5.90. The molecular formula is C10H19N3S. The van der Waals surface area contributed by atoms with Crippen LogP contribution in [0.1, 0.15) is 56.8 Å². The first kappa shape index (κ1) is 11.6. The molecule has 2 N–H and O–H groups in total. The Hall–Kier alpha value is -0.480. The number of rotatable bonds is 4. The van der Waals surface area contributed by atoms with Crippen molar-refractivity contribution in [2.75, 3.05) is 0 Å². The number of nitrogens with two attached hydrogens (primary N) is 1. The van der Waals surface area contributed by atoms with Gasteiger partial charge in [0.05, 0.1) is 0 Å². The van der Waals surface area contributed by atoms with Crippen LogP contribution < -0.4 is 5.73 Å². The minimum absolute atomic E-state index is 0.160. The van der Waals surface area contributed by atoms with E-state index in [4.69, 9.17) is 5.73 Å². The summed E-state index contributed by atoms with van der Waals surface area (Å²) in [5.74, 6) is 1.72. The predicted molar refractivity (Wildman–Crippen MR) is 60.7 cm³/mol. The van der Waals surface area contributed by atoms with Gasteiger partial charge in [0, 0.05) is 17.9 Å². The SMILES string of the molecule is CCC(c1nc(C(C)C)ns1)C(C)N. The summed E-state index contributed by atoms with van der Waals surface area (Å²) < 4.78 is 4.34. The summed E-state index contributed by atoms with van der Waals surface area (Å²) in [6.45, 7) is 8.40. The summed E-state index contributed by atoms with van der Waals surface area (Å²) in [5.41, 5.74) is 5.90. The van der Waals surface area contributed by atoms with Crippen molar-refractivity contribution in [3.8, 4) is 0 Å². The molecule has 1 heterocycles. The van der Waals surface area contributed by atoms with Crippen molar-refractivity contribution in [1.82, 2.24) is 9.36 Å². The van der Waals surface area contributed by atoms with E-state index in [-0.39, 0.29) is 6.04 Å². The van der Waals surface area contributed by atoms with Gasteiger partial charge in [0.25, 0.3) is 0 Å². The highest BCUT2D eigenvalue weighted by Crippen LogP contribution is 2.25. The first-order chi connectivity index (χ1) is 6.56. The van der Waals surface area contributed by atoms with E-state index >= 15 is 0 Å². The molecule has 0 saturated heterocycles. The minimum atomic E-state index is 0.160. The minimum Gasteiger partial charge on any atom is -0.327 e. The summed E-state index contributed by atoms with van der Waals surface area (Å²) in [5, 5.41) is 1.09. The molecule has 0 fully saturated rings. The Morgan fingerprint density at radius 1 is 1.36 bits per heavy atom. The van der Waals surface area contributed by atoms with Crippen molar-refractivity contribution in [2.24, 2.45) is 5.73 Å². The Balaban J connectivity index is 2.84. The molecule has 0 aliphatic carbocycles. The van der Waals surface area contributed by atoms with Crippen LogP contribution in [-0.4, -0.2) is 15.4 Å². The van der Waals surface area contributed by atoms with Crippen LogP contribution in [0.3, 0.4) is 0 Å². The van der Waals surface area contributed by atoms with Crippen LogP contribution in [0.5, 0.6) is 0 Å². The van der Waals surface area contributed by atoms with Crippen LogP contribution in [0, 0.1) is 0 Å². The first-order valence-corrected chi connectivity index (χ1v) is 5.92. The van der Waals surface area contributed by atoms with Crippen LogP contribution in [0.15, 0.2) is 0 Å². The molecule has 0 aliphatic heterocycles. The lowest BCUT2D eigenvalue weighted by Crippen LogP contribution is -2.24. The van der Waals surface area contributed by atoms with E-state index in [1.165, 1.54) is 11.5 Å². The number of nitrogens with zero attached hydrogens (tertiary/aromatic N) is 2. The topological polar surface area (TPSA) is 51.8 Å². The van der Waals surface area contributed by atoms with Gasteiger partial charge in [-0.1, -0.05) is 20.8 Å². The monoisotopic (exact) mass is 213 g/mol. The van der Waals surface area contributed by atoms with Crippen LogP contribution in [0.2, 0.25) is 0 Å². The molecule has 3 nitrogen and oxygen atoms in total. The molecule has 14 heavy (non-hydrogen) atoms. The zero-order valence-corrected chi connectivity index (χ0v) is 10.1. The summed E-state index contributed by atoms with van der Waals surface area (Å²) in [7, 11) is 0. The van der Waals surface area contributed by atoms with Gasteiger partial charge >= 0.3 is 0 Å². The van der Waals surface area contributed by atoms with Crippen molar-refractivity contribution in [3.63, 3.8) is 0 Å². The third-order valence-corrected chi connectivity index (χ3v) is 3.22. The van der Waals surface area contributed by atoms with Crippen LogP contribution in [-0.2, 0) is 0 Å².